The number of carbonyl (C=O) groups is 1. The lowest BCUT2D eigenvalue weighted by molar-refractivity contribution is 0.0942. The van der Waals surface area contributed by atoms with Crippen molar-refractivity contribution in [3.63, 3.8) is 0 Å². The molecule has 0 saturated carbocycles. The molecule has 2 rings (SSSR count). The van der Waals surface area contributed by atoms with E-state index < -0.39 is 0 Å². The van der Waals surface area contributed by atoms with Gasteiger partial charge in [0.1, 0.15) is 0 Å². The maximum atomic E-state index is 11.9. The number of nitrogens with zero attached hydrogens (tertiary/aromatic N) is 2. The molecule has 0 spiro atoms. The molecule has 1 saturated heterocycles. The Morgan fingerprint density at radius 2 is 1.72 bits per heavy atom. The van der Waals surface area contributed by atoms with Crippen LogP contribution in [0.25, 0.3) is 0 Å². The van der Waals surface area contributed by atoms with Crippen LogP contribution < -0.4 is 0 Å². The van der Waals surface area contributed by atoms with E-state index in [2.05, 4.69) is 16.8 Å². The van der Waals surface area contributed by atoms with Crippen LogP contribution >= 0.6 is 12.4 Å². The van der Waals surface area contributed by atoms with Gasteiger partial charge < -0.3 is 9.80 Å². The molecule has 0 radical (unpaired) electrons. The maximum absolute atomic E-state index is 11.9. The van der Waals surface area contributed by atoms with Gasteiger partial charge in [0.2, 0.25) is 0 Å². The van der Waals surface area contributed by atoms with Gasteiger partial charge in [0, 0.05) is 44.7 Å². The molecule has 1 aromatic carbocycles. The summed E-state index contributed by atoms with van der Waals surface area (Å²) in [5, 5.41) is 0. The van der Waals surface area contributed by atoms with Crippen LogP contribution in [0.15, 0.2) is 30.3 Å². The molecule has 0 aliphatic carbocycles. The van der Waals surface area contributed by atoms with E-state index in [1.807, 2.05) is 30.3 Å². The summed E-state index contributed by atoms with van der Waals surface area (Å²) in [4.78, 5) is 16.6. The van der Waals surface area contributed by atoms with E-state index in [9.17, 15) is 4.79 Å². The molecule has 0 amide bonds. The number of benzene rings is 1. The second-order valence-electron chi connectivity index (χ2n) is 4.68. The monoisotopic (exact) mass is 268 g/mol. The summed E-state index contributed by atoms with van der Waals surface area (Å²) in [5.74, 6) is 0.254. The molecular formula is C14H21ClN2O. The zero-order chi connectivity index (χ0) is 12.1. The number of carbonyl (C=O) groups excluding carboxylic acids is 1. The van der Waals surface area contributed by atoms with Gasteiger partial charge >= 0.3 is 0 Å². The predicted molar refractivity (Wildman–Crippen MR) is 76.6 cm³/mol. The van der Waals surface area contributed by atoms with Crippen LogP contribution in [0.2, 0.25) is 0 Å². The highest BCUT2D eigenvalue weighted by Gasteiger charge is 2.14. The van der Waals surface area contributed by atoms with E-state index in [1.165, 1.54) is 0 Å². The van der Waals surface area contributed by atoms with Crippen LogP contribution in [0, 0.1) is 0 Å². The summed E-state index contributed by atoms with van der Waals surface area (Å²) in [6, 6.07) is 9.57. The first-order chi connectivity index (χ1) is 8.25. The second-order valence-corrected chi connectivity index (χ2v) is 4.68. The summed E-state index contributed by atoms with van der Waals surface area (Å²) in [6.45, 7) is 5.28. The molecule has 1 aliphatic heterocycles. The molecule has 1 fully saturated rings. The van der Waals surface area contributed by atoms with Crippen LogP contribution in [0.1, 0.15) is 16.8 Å². The molecule has 0 unspecified atom stereocenters. The van der Waals surface area contributed by atoms with Gasteiger partial charge in [0.25, 0.3) is 0 Å². The number of piperazine rings is 1. The summed E-state index contributed by atoms with van der Waals surface area (Å²) in [6.07, 6.45) is 0.633. The summed E-state index contributed by atoms with van der Waals surface area (Å²) in [5.41, 5.74) is 0.835. The highest BCUT2D eigenvalue weighted by molar-refractivity contribution is 5.96. The predicted octanol–water partition coefficient (Wildman–Crippen LogP) is 1.93. The minimum Gasteiger partial charge on any atom is -0.304 e. The number of Topliss-reactive ketones (excluding diaryl/α,β-unsaturated/α-hetero) is 1. The van der Waals surface area contributed by atoms with E-state index in [0.29, 0.717) is 6.42 Å². The molecule has 0 atom stereocenters. The van der Waals surface area contributed by atoms with Crippen molar-refractivity contribution in [1.82, 2.24) is 9.80 Å². The molecule has 1 aromatic rings. The SMILES string of the molecule is CN1CCN(CCC(=O)c2ccccc2)CC1.Cl. The summed E-state index contributed by atoms with van der Waals surface area (Å²) in [7, 11) is 2.15. The smallest absolute Gasteiger partial charge is 0.164 e. The summed E-state index contributed by atoms with van der Waals surface area (Å²) < 4.78 is 0. The fourth-order valence-electron chi connectivity index (χ4n) is 2.10. The molecule has 18 heavy (non-hydrogen) atoms. The minimum absolute atomic E-state index is 0. The number of halogens is 1. The zero-order valence-corrected chi connectivity index (χ0v) is 11.7. The fourth-order valence-corrected chi connectivity index (χ4v) is 2.10. The van der Waals surface area contributed by atoms with Gasteiger partial charge in [-0.3, -0.25) is 4.79 Å². The number of hydrogen-bond donors (Lipinski definition) is 0. The van der Waals surface area contributed by atoms with Crippen LogP contribution in [0.4, 0.5) is 0 Å². The molecule has 1 aliphatic rings. The van der Waals surface area contributed by atoms with E-state index >= 15 is 0 Å². The van der Waals surface area contributed by atoms with E-state index in [0.717, 1.165) is 38.3 Å². The second kappa shape index (κ2) is 7.52. The summed E-state index contributed by atoms with van der Waals surface area (Å²) >= 11 is 0. The Morgan fingerprint density at radius 3 is 2.33 bits per heavy atom. The van der Waals surface area contributed by atoms with Crippen molar-refractivity contribution < 1.29 is 4.79 Å². The van der Waals surface area contributed by atoms with Gasteiger partial charge in [-0.1, -0.05) is 30.3 Å². The largest absolute Gasteiger partial charge is 0.304 e. The first-order valence-corrected chi connectivity index (χ1v) is 6.25. The molecule has 1 heterocycles. The van der Waals surface area contributed by atoms with Crippen molar-refractivity contribution in [2.45, 2.75) is 6.42 Å². The molecule has 100 valence electrons. The van der Waals surface area contributed by atoms with Gasteiger partial charge in [-0.25, -0.2) is 0 Å². The van der Waals surface area contributed by atoms with E-state index in [4.69, 9.17) is 0 Å². The van der Waals surface area contributed by atoms with Gasteiger partial charge in [0.05, 0.1) is 0 Å². The van der Waals surface area contributed by atoms with Gasteiger partial charge in [-0.15, -0.1) is 12.4 Å². The Morgan fingerprint density at radius 1 is 1.11 bits per heavy atom. The first kappa shape index (κ1) is 15.2. The first-order valence-electron chi connectivity index (χ1n) is 6.25. The fraction of sp³-hybridized carbons (Fsp3) is 0.500. The highest BCUT2D eigenvalue weighted by atomic mass is 35.5. The third kappa shape index (κ3) is 4.41. The molecule has 4 heteroatoms. The third-order valence-electron chi connectivity index (χ3n) is 3.35. The Hall–Kier alpha value is -0.900. The van der Waals surface area contributed by atoms with Crippen molar-refractivity contribution in [3.05, 3.63) is 35.9 Å². The average Bonchev–Trinajstić information content (AvgIpc) is 2.39. The Kier molecular flexibility index (Phi) is 6.33. The van der Waals surface area contributed by atoms with Gasteiger partial charge in [0.15, 0.2) is 5.78 Å². The Bertz CT molecular complexity index is 361. The molecular weight excluding hydrogens is 248 g/mol. The molecule has 0 N–H and O–H groups in total. The third-order valence-corrected chi connectivity index (χ3v) is 3.35. The lowest BCUT2D eigenvalue weighted by atomic mass is 10.1. The van der Waals surface area contributed by atoms with Crippen LogP contribution in [0.5, 0.6) is 0 Å². The van der Waals surface area contributed by atoms with E-state index in [-0.39, 0.29) is 18.2 Å². The lowest BCUT2D eigenvalue weighted by Crippen LogP contribution is -2.45. The molecule has 0 bridgehead atoms. The van der Waals surface area contributed by atoms with Crippen molar-refractivity contribution in [3.8, 4) is 0 Å². The zero-order valence-electron chi connectivity index (χ0n) is 10.8. The minimum atomic E-state index is 0. The maximum Gasteiger partial charge on any atom is 0.164 e. The normalized spacial score (nSPS) is 17.2. The van der Waals surface area contributed by atoms with Crippen molar-refractivity contribution >= 4 is 18.2 Å². The highest BCUT2D eigenvalue weighted by Crippen LogP contribution is 2.05. The molecule has 0 aromatic heterocycles. The Balaban J connectivity index is 0.00000162. The topological polar surface area (TPSA) is 23.6 Å². The quantitative estimate of drug-likeness (QED) is 0.780. The number of hydrogen-bond acceptors (Lipinski definition) is 3. The standard InChI is InChI=1S/C14H20N2O.ClH/c1-15-9-11-16(12-10-15)8-7-14(17)13-5-3-2-4-6-13;/h2-6H,7-12H2,1H3;1H. The number of ketones is 1. The van der Waals surface area contributed by atoms with Crippen molar-refractivity contribution in [2.75, 3.05) is 39.8 Å². The number of rotatable bonds is 4. The van der Waals surface area contributed by atoms with Crippen molar-refractivity contribution in [1.29, 1.82) is 0 Å². The van der Waals surface area contributed by atoms with Gasteiger partial charge in [-0.2, -0.15) is 0 Å². The Labute approximate surface area is 115 Å². The molecule has 3 nitrogen and oxygen atoms in total. The van der Waals surface area contributed by atoms with Gasteiger partial charge in [-0.05, 0) is 7.05 Å². The van der Waals surface area contributed by atoms with Crippen molar-refractivity contribution in [2.24, 2.45) is 0 Å². The number of likely N-dealkylation sites (N-methyl/N-ethyl adjacent to an activating group) is 1. The van der Waals surface area contributed by atoms with Crippen LogP contribution in [-0.2, 0) is 0 Å². The van der Waals surface area contributed by atoms with Crippen LogP contribution in [0.3, 0.4) is 0 Å². The van der Waals surface area contributed by atoms with Crippen LogP contribution in [-0.4, -0.2) is 55.4 Å². The van der Waals surface area contributed by atoms with E-state index in [1.54, 1.807) is 0 Å². The average molecular weight is 269 g/mol. The lowest BCUT2D eigenvalue weighted by Gasteiger charge is -2.32.